The number of nitrogens with zero attached hydrogens (tertiary/aromatic N) is 3. The normalized spacial score (nSPS) is 30.3. The van der Waals surface area contributed by atoms with Gasteiger partial charge in [0.2, 0.25) is 0 Å². The first-order valence-electron chi connectivity index (χ1n) is 9.66. The first kappa shape index (κ1) is 20.5. The van der Waals surface area contributed by atoms with Crippen LogP contribution in [0, 0.1) is 0 Å². The first-order chi connectivity index (χ1) is 12.9. The zero-order chi connectivity index (χ0) is 19.6. The summed E-state index contributed by atoms with van der Waals surface area (Å²) in [6, 6.07) is 8.14. The Hall–Kier alpha value is -1.22. The molecule has 0 aliphatic carbocycles. The van der Waals surface area contributed by atoms with Gasteiger partial charge in [-0.25, -0.2) is 0 Å². The molecule has 0 spiro atoms. The zero-order valence-electron chi connectivity index (χ0n) is 17.1. The van der Waals surface area contributed by atoms with Gasteiger partial charge in [0, 0.05) is 39.4 Å². The highest BCUT2D eigenvalue weighted by Crippen LogP contribution is 2.31. The molecule has 1 aromatic rings. The summed E-state index contributed by atoms with van der Waals surface area (Å²) < 4.78 is 11.9. The summed E-state index contributed by atoms with van der Waals surface area (Å²) in [4.78, 5) is 6.37. The Balaban J connectivity index is 1.62. The number of ether oxygens (including phenoxy) is 2. The SMILES string of the molecule is CN(C)CCN(C)[C@H]1[C@@H]2OC[C@@H](O2)[C@@H](NCc2ccc(N(C)C)cc2)[C@@H]1O. The van der Waals surface area contributed by atoms with Crippen molar-refractivity contribution >= 4 is 5.69 Å². The number of aliphatic hydroxyl groups excluding tert-OH is 1. The molecule has 0 unspecified atom stereocenters. The van der Waals surface area contributed by atoms with Crippen LogP contribution >= 0.6 is 0 Å². The molecule has 7 nitrogen and oxygen atoms in total. The van der Waals surface area contributed by atoms with Crippen molar-refractivity contribution in [2.45, 2.75) is 37.1 Å². The highest BCUT2D eigenvalue weighted by atomic mass is 16.7. The Labute approximate surface area is 162 Å². The highest BCUT2D eigenvalue weighted by molar-refractivity contribution is 5.45. The van der Waals surface area contributed by atoms with Gasteiger partial charge in [0.1, 0.15) is 6.10 Å². The van der Waals surface area contributed by atoms with Crippen molar-refractivity contribution in [2.24, 2.45) is 0 Å². The molecule has 2 aliphatic heterocycles. The Kier molecular flexibility index (Phi) is 6.73. The quantitative estimate of drug-likeness (QED) is 0.670. The number of likely N-dealkylation sites (N-methyl/N-ethyl adjacent to an activating group) is 2. The van der Waals surface area contributed by atoms with Crippen LogP contribution in [0.2, 0.25) is 0 Å². The zero-order valence-corrected chi connectivity index (χ0v) is 17.1. The average molecular weight is 379 g/mol. The predicted molar refractivity (Wildman–Crippen MR) is 107 cm³/mol. The summed E-state index contributed by atoms with van der Waals surface area (Å²) in [5, 5.41) is 14.6. The van der Waals surface area contributed by atoms with E-state index in [0.717, 1.165) is 13.1 Å². The molecule has 2 fully saturated rings. The fraction of sp³-hybridized carbons (Fsp3) is 0.700. The van der Waals surface area contributed by atoms with Crippen molar-refractivity contribution in [2.75, 3.05) is 59.8 Å². The lowest BCUT2D eigenvalue weighted by molar-refractivity contribution is -0.179. The van der Waals surface area contributed by atoms with Crippen molar-refractivity contribution < 1.29 is 14.6 Å². The van der Waals surface area contributed by atoms with E-state index in [4.69, 9.17) is 9.47 Å². The van der Waals surface area contributed by atoms with E-state index >= 15 is 0 Å². The van der Waals surface area contributed by atoms with Crippen LogP contribution in [0.15, 0.2) is 24.3 Å². The van der Waals surface area contributed by atoms with Gasteiger partial charge < -0.3 is 29.7 Å². The topological polar surface area (TPSA) is 60.4 Å². The van der Waals surface area contributed by atoms with E-state index in [9.17, 15) is 5.11 Å². The van der Waals surface area contributed by atoms with Crippen molar-refractivity contribution in [1.29, 1.82) is 0 Å². The van der Waals surface area contributed by atoms with Crippen LogP contribution in [-0.2, 0) is 16.0 Å². The number of anilines is 1. The lowest BCUT2D eigenvalue weighted by Gasteiger charge is -2.43. The van der Waals surface area contributed by atoms with Gasteiger partial charge in [-0.3, -0.25) is 4.90 Å². The Morgan fingerprint density at radius 2 is 1.78 bits per heavy atom. The maximum Gasteiger partial charge on any atom is 0.176 e. The van der Waals surface area contributed by atoms with E-state index in [1.165, 1.54) is 11.3 Å². The summed E-state index contributed by atoms with van der Waals surface area (Å²) in [5.74, 6) is 0. The number of hydrogen-bond acceptors (Lipinski definition) is 7. The van der Waals surface area contributed by atoms with E-state index in [0.29, 0.717) is 13.2 Å². The number of hydrogen-bond donors (Lipinski definition) is 2. The summed E-state index contributed by atoms with van der Waals surface area (Å²) in [5.41, 5.74) is 2.36. The smallest absolute Gasteiger partial charge is 0.176 e. The van der Waals surface area contributed by atoms with Gasteiger partial charge >= 0.3 is 0 Å². The number of aliphatic hydroxyl groups is 1. The molecule has 0 radical (unpaired) electrons. The second kappa shape index (κ2) is 8.86. The minimum atomic E-state index is -0.538. The van der Waals surface area contributed by atoms with E-state index < -0.39 is 6.10 Å². The Bertz CT molecular complexity index is 595. The van der Waals surface area contributed by atoms with E-state index in [1.54, 1.807) is 0 Å². The second-order valence-electron chi connectivity index (χ2n) is 8.11. The van der Waals surface area contributed by atoms with Gasteiger partial charge in [-0.15, -0.1) is 0 Å². The first-order valence-corrected chi connectivity index (χ1v) is 9.66. The molecule has 0 amide bonds. The molecule has 2 N–H and O–H groups in total. The van der Waals surface area contributed by atoms with Gasteiger partial charge in [-0.05, 0) is 38.8 Å². The van der Waals surface area contributed by atoms with Crippen LogP contribution in [0.5, 0.6) is 0 Å². The molecule has 2 aliphatic rings. The Morgan fingerprint density at radius 3 is 2.41 bits per heavy atom. The molecule has 7 heteroatoms. The van der Waals surface area contributed by atoms with Gasteiger partial charge in [0.15, 0.2) is 6.29 Å². The molecule has 5 atom stereocenters. The lowest BCUT2D eigenvalue weighted by atomic mass is 9.94. The summed E-state index contributed by atoms with van der Waals surface area (Å²) in [6.45, 7) is 2.98. The third-order valence-electron chi connectivity index (χ3n) is 5.53. The number of nitrogens with one attached hydrogen (secondary N) is 1. The summed E-state index contributed by atoms with van der Waals surface area (Å²) >= 11 is 0. The maximum atomic E-state index is 11.1. The number of rotatable bonds is 8. The van der Waals surface area contributed by atoms with Crippen LogP contribution in [0.25, 0.3) is 0 Å². The van der Waals surface area contributed by atoms with Crippen LogP contribution in [0.3, 0.4) is 0 Å². The van der Waals surface area contributed by atoms with Crippen LogP contribution in [0.1, 0.15) is 5.56 Å². The monoisotopic (exact) mass is 378 g/mol. The summed E-state index contributed by atoms with van der Waals surface area (Å²) in [7, 11) is 10.2. The molecular formula is C20H34N4O3. The molecule has 0 aromatic heterocycles. The van der Waals surface area contributed by atoms with Gasteiger partial charge in [0.25, 0.3) is 0 Å². The molecule has 27 heavy (non-hydrogen) atoms. The third-order valence-corrected chi connectivity index (χ3v) is 5.53. The Morgan fingerprint density at radius 1 is 1.07 bits per heavy atom. The fourth-order valence-corrected chi connectivity index (χ4v) is 3.78. The summed E-state index contributed by atoms with van der Waals surface area (Å²) in [6.07, 6.45) is -0.997. The average Bonchev–Trinajstić information content (AvgIpc) is 3.05. The number of fused-ring (bicyclic) bond motifs is 2. The van der Waals surface area contributed by atoms with Crippen molar-refractivity contribution in [1.82, 2.24) is 15.1 Å². The molecule has 2 bridgehead atoms. The van der Waals surface area contributed by atoms with E-state index in [2.05, 4.69) is 58.4 Å². The van der Waals surface area contributed by atoms with Gasteiger partial charge in [-0.2, -0.15) is 0 Å². The predicted octanol–water partition coefficient (Wildman–Crippen LogP) is 0.189. The third kappa shape index (κ3) is 4.80. The van der Waals surface area contributed by atoms with Gasteiger partial charge in [-0.1, -0.05) is 12.1 Å². The standard InChI is InChI=1S/C20H34N4O3/c1-22(2)10-11-24(5)18-19(25)17(16-13-26-20(18)27-16)21-12-14-6-8-15(9-7-14)23(3)4/h6-9,16-21,25H,10-13H2,1-5H3/t16-,17-,18-,19+,20-/m1/s1. The lowest BCUT2D eigenvalue weighted by Crippen LogP contribution is -2.64. The largest absolute Gasteiger partial charge is 0.390 e. The van der Waals surface area contributed by atoms with E-state index in [-0.39, 0.29) is 24.5 Å². The minimum Gasteiger partial charge on any atom is -0.390 e. The minimum absolute atomic E-state index is 0.107. The fourth-order valence-electron chi connectivity index (χ4n) is 3.78. The molecule has 3 rings (SSSR count). The molecule has 0 saturated carbocycles. The molecule has 152 valence electrons. The maximum absolute atomic E-state index is 11.1. The second-order valence-corrected chi connectivity index (χ2v) is 8.11. The van der Waals surface area contributed by atoms with Crippen molar-refractivity contribution in [3.63, 3.8) is 0 Å². The number of benzene rings is 1. The van der Waals surface area contributed by atoms with Crippen LogP contribution in [-0.4, -0.2) is 100 Å². The molecule has 2 saturated heterocycles. The van der Waals surface area contributed by atoms with Gasteiger partial charge in [0.05, 0.1) is 24.8 Å². The molecular weight excluding hydrogens is 344 g/mol. The highest BCUT2D eigenvalue weighted by Gasteiger charge is 2.51. The van der Waals surface area contributed by atoms with Crippen LogP contribution in [0.4, 0.5) is 5.69 Å². The van der Waals surface area contributed by atoms with Crippen molar-refractivity contribution in [3.8, 4) is 0 Å². The van der Waals surface area contributed by atoms with Crippen molar-refractivity contribution in [3.05, 3.63) is 29.8 Å². The van der Waals surface area contributed by atoms with E-state index in [1.807, 2.05) is 21.1 Å². The molecule has 1 aromatic carbocycles. The molecule has 2 heterocycles. The van der Waals surface area contributed by atoms with Crippen LogP contribution < -0.4 is 10.2 Å².